The molecule has 0 heterocycles. The molecule has 0 aromatic heterocycles. The number of hydrogen-bond donors (Lipinski definition) is 0. The van der Waals surface area contributed by atoms with Gasteiger partial charge in [0.2, 0.25) is 0 Å². The van der Waals surface area contributed by atoms with E-state index in [9.17, 15) is 0 Å². The van der Waals surface area contributed by atoms with Crippen LogP contribution in [-0.2, 0) is 0 Å². The van der Waals surface area contributed by atoms with Crippen molar-refractivity contribution >= 4 is 16.5 Å². The van der Waals surface area contributed by atoms with Gasteiger partial charge in [0.05, 0.1) is 0 Å². The van der Waals surface area contributed by atoms with Crippen LogP contribution < -0.4 is 0 Å². The second-order valence-corrected chi connectivity index (χ2v) is 24.3. The summed E-state index contributed by atoms with van der Waals surface area (Å²) in [5.41, 5.74) is 0. The molecule has 0 spiro atoms. The smallest absolute Gasteiger partial charge is 0.0654 e. The van der Waals surface area contributed by atoms with Crippen LogP contribution in [0.3, 0.4) is 0 Å². The fraction of sp³-hybridized carbons (Fsp3) is 1.00. The van der Waals surface area contributed by atoms with E-state index in [1.54, 1.807) is 25.2 Å². The molecule has 0 aliphatic heterocycles. The zero-order chi connectivity index (χ0) is 40.2. The van der Waals surface area contributed by atoms with E-state index >= 15 is 0 Å². The van der Waals surface area contributed by atoms with E-state index in [1.807, 2.05) is 0 Å². The van der Waals surface area contributed by atoms with Crippen LogP contribution in [-0.4, -0.2) is 12.3 Å². The van der Waals surface area contributed by atoms with Crippen molar-refractivity contribution in [1.29, 1.82) is 0 Å². The van der Waals surface area contributed by atoms with Crippen molar-refractivity contribution in [1.82, 2.24) is 0 Å². The summed E-state index contributed by atoms with van der Waals surface area (Å²) >= 11 is 0. The number of hydrogen-bond acceptors (Lipinski definition) is 0. The van der Waals surface area contributed by atoms with Gasteiger partial charge in [-0.05, 0) is 0 Å². The first-order valence-corrected chi connectivity index (χ1v) is 32.2. The Morgan fingerprint density at radius 2 is 0.357 bits per heavy atom. The van der Waals surface area contributed by atoms with Crippen LogP contribution in [0.15, 0.2) is 0 Å². The molecular weight excluding hydrogens is 711 g/mol. The Hall–Kier alpha value is 0.860. The summed E-state index contributed by atoms with van der Waals surface area (Å²) in [6.07, 6.45) is 78.0. The number of unbranched alkanes of at least 4 members (excludes halogenated alkanes) is 48. The van der Waals surface area contributed by atoms with E-state index in [0.29, 0.717) is 8.27 Å². The second-order valence-electron chi connectivity index (χ2n) is 19.1. The Balaban J connectivity index is 3.05. The minimum absolute atomic E-state index is 0.293. The molecule has 0 rings (SSSR count). The maximum absolute atomic E-state index is 2.31. The SMILES string of the molecule is CCCCCCCCCCCCCCCCCCCCCCCCCCCP[PH3]CCCCCCCCCCCCCCCCCCCCCCCCCCC. The van der Waals surface area contributed by atoms with Crippen LogP contribution in [0.4, 0.5) is 0 Å². The molecular formula is C54H114P2. The summed E-state index contributed by atoms with van der Waals surface area (Å²) < 4.78 is 0. The van der Waals surface area contributed by atoms with Crippen LogP contribution in [0.5, 0.6) is 0 Å². The van der Waals surface area contributed by atoms with Crippen molar-refractivity contribution < 1.29 is 0 Å². The predicted octanol–water partition coefficient (Wildman–Crippen LogP) is 21.3. The second kappa shape index (κ2) is 55.9. The topological polar surface area (TPSA) is 0 Å². The molecule has 0 saturated heterocycles. The molecule has 56 heavy (non-hydrogen) atoms. The van der Waals surface area contributed by atoms with Gasteiger partial charge >= 0.3 is 164 Å². The van der Waals surface area contributed by atoms with E-state index in [2.05, 4.69) is 13.8 Å². The Kier molecular flexibility index (Phi) is 56.7. The first kappa shape index (κ1) is 56.9. The van der Waals surface area contributed by atoms with Crippen LogP contribution in [0.1, 0.15) is 335 Å². The van der Waals surface area contributed by atoms with Crippen molar-refractivity contribution in [3.8, 4) is 0 Å². The molecule has 0 radical (unpaired) electrons. The third-order valence-electron chi connectivity index (χ3n) is 13.2. The summed E-state index contributed by atoms with van der Waals surface area (Å²) in [5.74, 6) is 0. The Morgan fingerprint density at radius 1 is 0.196 bits per heavy atom. The van der Waals surface area contributed by atoms with Crippen molar-refractivity contribution in [2.75, 3.05) is 12.3 Å². The van der Waals surface area contributed by atoms with E-state index in [0.717, 1.165) is 0 Å². The van der Waals surface area contributed by atoms with Gasteiger partial charge in [-0.25, -0.2) is 0 Å². The van der Waals surface area contributed by atoms with Crippen LogP contribution in [0.25, 0.3) is 0 Å². The predicted molar refractivity (Wildman–Crippen MR) is 271 cm³/mol. The van der Waals surface area contributed by atoms with Gasteiger partial charge in [0.15, 0.2) is 0 Å². The summed E-state index contributed by atoms with van der Waals surface area (Å²) in [6.45, 7) is 4.63. The fourth-order valence-corrected chi connectivity index (χ4v) is 13.7. The van der Waals surface area contributed by atoms with Gasteiger partial charge in [0.25, 0.3) is 0 Å². The number of rotatable bonds is 53. The average molecular weight is 825 g/mol. The van der Waals surface area contributed by atoms with E-state index < -0.39 is 0 Å². The standard InChI is InChI=1S/C54H114P2/c1-3-5-7-9-11-13-15-17-19-21-23-25-27-29-31-33-35-37-39-41-43-45-47-49-51-53-55-56-54-52-50-48-46-44-42-40-38-36-34-32-30-28-26-24-22-20-18-16-14-12-10-8-6-4-2/h55H,3-54H2,1-2,56H3. The first-order chi connectivity index (χ1) is 27.9. The summed E-state index contributed by atoms with van der Waals surface area (Å²) in [4.78, 5) is 0. The maximum atomic E-state index is 2.31. The Bertz CT molecular complexity index is 580. The molecule has 0 saturated carbocycles. The van der Waals surface area contributed by atoms with Gasteiger partial charge in [-0.3, -0.25) is 0 Å². The van der Waals surface area contributed by atoms with Crippen molar-refractivity contribution in [3.05, 3.63) is 0 Å². The van der Waals surface area contributed by atoms with Gasteiger partial charge in [0.1, 0.15) is 0 Å². The minimum atomic E-state index is 0.293. The van der Waals surface area contributed by atoms with Crippen LogP contribution in [0, 0.1) is 0 Å². The van der Waals surface area contributed by atoms with Crippen molar-refractivity contribution in [3.63, 3.8) is 0 Å². The van der Waals surface area contributed by atoms with Gasteiger partial charge in [-0.2, -0.15) is 0 Å². The average Bonchev–Trinajstić information content (AvgIpc) is 3.21. The van der Waals surface area contributed by atoms with Crippen molar-refractivity contribution in [2.24, 2.45) is 0 Å². The summed E-state index contributed by atoms with van der Waals surface area (Å²) in [6, 6.07) is 0. The van der Waals surface area contributed by atoms with E-state index in [4.69, 9.17) is 0 Å². The molecule has 0 bridgehead atoms. The summed E-state index contributed by atoms with van der Waals surface area (Å²) in [5, 5.41) is 0. The Labute approximate surface area is 362 Å². The van der Waals surface area contributed by atoms with E-state index in [1.165, 1.54) is 316 Å². The summed E-state index contributed by atoms with van der Waals surface area (Å²) in [7, 11) is 1.68. The third kappa shape index (κ3) is 54.9. The molecule has 0 fully saturated rings. The molecule has 0 aliphatic carbocycles. The normalized spacial score (nSPS) is 12.0. The Morgan fingerprint density at radius 3 is 0.554 bits per heavy atom. The van der Waals surface area contributed by atoms with Crippen LogP contribution in [0.2, 0.25) is 0 Å². The molecule has 340 valence electrons. The zero-order valence-electron chi connectivity index (χ0n) is 40.0. The van der Waals surface area contributed by atoms with E-state index in [-0.39, 0.29) is 0 Å². The monoisotopic (exact) mass is 825 g/mol. The first-order valence-electron chi connectivity index (χ1n) is 27.6. The molecule has 1 unspecified atom stereocenters. The molecule has 0 aliphatic rings. The molecule has 0 aromatic rings. The molecule has 2 heteroatoms. The van der Waals surface area contributed by atoms with Gasteiger partial charge in [0, 0.05) is 0 Å². The third-order valence-corrected chi connectivity index (χ3v) is 18.3. The van der Waals surface area contributed by atoms with Crippen LogP contribution >= 0.6 is 16.5 Å². The zero-order valence-corrected chi connectivity index (χ0v) is 42.4. The quantitative estimate of drug-likeness (QED) is 0.0423. The van der Waals surface area contributed by atoms with Gasteiger partial charge in [-0.15, -0.1) is 0 Å². The molecule has 0 amide bonds. The molecule has 0 aromatic carbocycles. The minimum Gasteiger partial charge on any atom is -0.0654 e. The van der Waals surface area contributed by atoms with Gasteiger partial charge in [-0.1, -0.05) is 200 Å². The molecule has 1 atom stereocenters. The molecule has 0 nitrogen and oxygen atoms in total. The molecule has 0 N–H and O–H groups in total. The fourth-order valence-electron chi connectivity index (χ4n) is 9.08. The van der Waals surface area contributed by atoms with Crippen molar-refractivity contribution in [2.45, 2.75) is 335 Å². The van der Waals surface area contributed by atoms with Gasteiger partial charge < -0.3 is 0 Å².